The molecule has 2 saturated carbocycles. The zero-order chi connectivity index (χ0) is 25.5. The van der Waals surface area contributed by atoms with Gasteiger partial charge in [-0.05, 0) is 81.8 Å². The molecule has 1 unspecified atom stereocenters. The van der Waals surface area contributed by atoms with Gasteiger partial charge in [-0.25, -0.2) is 0 Å². The van der Waals surface area contributed by atoms with Crippen LogP contribution in [0, 0.1) is 17.3 Å². The van der Waals surface area contributed by atoms with E-state index < -0.39 is 0 Å². The molecule has 0 saturated heterocycles. The first-order chi connectivity index (χ1) is 15.3. The summed E-state index contributed by atoms with van der Waals surface area (Å²) in [6.45, 7) is 24.8. The van der Waals surface area contributed by atoms with Gasteiger partial charge in [-0.2, -0.15) is 12.6 Å². The molecule has 0 N–H and O–H groups in total. The Labute approximate surface area is 212 Å². The molecule has 0 aromatic carbocycles. The summed E-state index contributed by atoms with van der Waals surface area (Å²) < 4.78 is 6.23. The molecule has 198 valence electrons. The molecule has 2 heteroatoms. The van der Waals surface area contributed by atoms with Gasteiger partial charge in [0, 0.05) is 0 Å². The van der Waals surface area contributed by atoms with E-state index in [9.17, 15) is 0 Å². The van der Waals surface area contributed by atoms with Crippen LogP contribution in [0.4, 0.5) is 0 Å². The summed E-state index contributed by atoms with van der Waals surface area (Å²) >= 11 is 3.92. The molecule has 32 heavy (non-hydrogen) atoms. The van der Waals surface area contributed by atoms with Crippen molar-refractivity contribution in [3.05, 3.63) is 0 Å². The van der Waals surface area contributed by atoms with E-state index in [4.69, 9.17) is 4.74 Å². The van der Waals surface area contributed by atoms with E-state index in [1.54, 1.807) is 0 Å². The summed E-state index contributed by atoms with van der Waals surface area (Å²) in [5.74, 6) is 2.83. The zero-order valence-corrected chi connectivity index (χ0v) is 25.5. The molecule has 2 aliphatic carbocycles. The summed E-state index contributed by atoms with van der Waals surface area (Å²) in [5.41, 5.74) is 0.758. The molecule has 2 rings (SSSR count). The second kappa shape index (κ2) is 24.4. The molecular weight excluding hydrogens is 408 g/mol. The number of rotatable bonds is 9. The molecule has 0 heterocycles. The topological polar surface area (TPSA) is 9.23 Å². The van der Waals surface area contributed by atoms with Gasteiger partial charge in [0.15, 0.2) is 0 Å². The van der Waals surface area contributed by atoms with Crippen LogP contribution in [0.25, 0.3) is 0 Å². The molecule has 0 radical (unpaired) electrons. The fraction of sp³-hybridized carbons (Fsp3) is 1.00. The van der Waals surface area contributed by atoms with Crippen LogP contribution in [0.15, 0.2) is 0 Å². The lowest BCUT2D eigenvalue weighted by atomic mass is 9.65. The Morgan fingerprint density at radius 2 is 1.31 bits per heavy atom. The Balaban J connectivity index is -0.000000650. The predicted molar refractivity (Wildman–Crippen MR) is 154 cm³/mol. The lowest BCUT2D eigenvalue weighted by Crippen LogP contribution is -2.32. The van der Waals surface area contributed by atoms with Crippen LogP contribution in [-0.2, 0) is 4.74 Å². The van der Waals surface area contributed by atoms with Crippen LogP contribution in [0.1, 0.15) is 160 Å². The van der Waals surface area contributed by atoms with Gasteiger partial charge in [0.05, 0.1) is 12.2 Å². The fourth-order valence-corrected chi connectivity index (χ4v) is 4.35. The first-order valence-electron chi connectivity index (χ1n) is 14.6. The maximum atomic E-state index is 6.23. The average molecular weight is 475 g/mol. The number of hydrogen-bond acceptors (Lipinski definition) is 2. The maximum absolute atomic E-state index is 6.23. The first kappa shape index (κ1) is 36.9. The highest BCUT2D eigenvalue weighted by molar-refractivity contribution is 7.80. The molecule has 2 aliphatic rings. The Bertz CT molecular complexity index is 343. The van der Waals surface area contributed by atoms with E-state index in [1.165, 1.54) is 83.5 Å². The van der Waals surface area contributed by atoms with E-state index in [1.807, 2.05) is 27.7 Å². The van der Waals surface area contributed by atoms with Crippen LogP contribution in [0.5, 0.6) is 0 Å². The second-order valence-corrected chi connectivity index (χ2v) is 10.5. The molecule has 1 nitrogen and oxygen atoms in total. The van der Waals surface area contributed by atoms with Gasteiger partial charge in [-0.1, -0.05) is 101 Å². The molecule has 2 fully saturated rings. The summed E-state index contributed by atoms with van der Waals surface area (Å²) in [7, 11) is 0. The van der Waals surface area contributed by atoms with E-state index >= 15 is 0 Å². The third-order valence-electron chi connectivity index (χ3n) is 6.85. The highest BCUT2D eigenvalue weighted by atomic mass is 32.1. The van der Waals surface area contributed by atoms with Crippen molar-refractivity contribution in [2.75, 3.05) is 12.4 Å². The normalized spacial score (nSPS) is 19.3. The Kier molecular flexibility index (Phi) is 28.2. The molecule has 1 atom stereocenters. The first-order valence-corrected chi connectivity index (χ1v) is 15.2. The number of ether oxygens (including phenoxy) is 1. The monoisotopic (exact) mass is 474 g/mol. The summed E-state index contributed by atoms with van der Waals surface area (Å²) in [6, 6.07) is 0. The summed E-state index contributed by atoms with van der Waals surface area (Å²) in [6.07, 6.45) is 17.9. The van der Waals surface area contributed by atoms with Crippen molar-refractivity contribution >= 4 is 12.6 Å². The summed E-state index contributed by atoms with van der Waals surface area (Å²) in [5, 5.41) is 0. The number of thiol groups is 1. The van der Waals surface area contributed by atoms with Crippen LogP contribution >= 0.6 is 12.6 Å². The van der Waals surface area contributed by atoms with Gasteiger partial charge in [0.1, 0.15) is 0 Å². The van der Waals surface area contributed by atoms with Crippen molar-refractivity contribution in [3.8, 4) is 0 Å². The Morgan fingerprint density at radius 3 is 1.69 bits per heavy atom. The van der Waals surface area contributed by atoms with Gasteiger partial charge in [0.25, 0.3) is 0 Å². The van der Waals surface area contributed by atoms with Crippen molar-refractivity contribution in [1.82, 2.24) is 0 Å². The van der Waals surface area contributed by atoms with Crippen molar-refractivity contribution in [3.63, 3.8) is 0 Å². The van der Waals surface area contributed by atoms with Gasteiger partial charge in [-0.15, -0.1) is 0 Å². The van der Waals surface area contributed by atoms with Crippen LogP contribution in [-0.4, -0.2) is 18.0 Å². The molecule has 0 spiro atoms. The number of hydrogen-bond donors (Lipinski definition) is 1. The lowest BCUT2D eigenvalue weighted by molar-refractivity contribution is -0.0571. The van der Waals surface area contributed by atoms with Crippen LogP contribution < -0.4 is 0 Å². The molecule has 0 aromatic heterocycles. The van der Waals surface area contributed by atoms with Gasteiger partial charge in [0.2, 0.25) is 0 Å². The maximum Gasteiger partial charge on any atom is 0.0626 e. The molecular formula is C30H66OS. The Morgan fingerprint density at radius 1 is 0.844 bits per heavy atom. The van der Waals surface area contributed by atoms with E-state index in [0.29, 0.717) is 5.41 Å². The van der Waals surface area contributed by atoms with Crippen LogP contribution in [0.2, 0.25) is 0 Å². The predicted octanol–water partition coefficient (Wildman–Crippen LogP) is 11.2. The van der Waals surface area contributed by atoms with Crippen molar-refractivity contribution in [2.45, 2.75) is 165 Å². The SMILES string of the molecule is CC.CC.CCC.CCC1(CC)CCCC(CCC(C)(C)OCC2CCC2)C1.CCCS. The van der Waals surface area contributed by atoms with Crippen molar-refractivity contribution in [1.29, 1.82) is 0 Å². The molecule has 0 aromatic rings. The lowest BCUT2D eigenvalue weighted by Gasteiger charge is -2.41. The largest absolute Gasteiger partial charge is 0.375 e. The highest BCUT2D eigenvalue weighted by Gasteiger charge is 2.34. The smallest absolute Gasteiger partial charge is 0.0626 e. The van der Waals surface area contributed by atoms with E-state index in [0.717, 1.165) is 24.2 Å². The average Bonchev–Trinajstić information content (AvgIpc) is 2.80. The molecule has 0 amide bonds. The minimum Gasteiger partial charge on any atom is -0.375 e. The van der Waals surface area contributed by atoms with Gasteiger partial charge >= 0.3 is 0 Å². The minimum absolute atomic E-state index is 0.0914. The molecule has 0 aliphatic heterocycles. The highest BCUT2D eigenvalue weighted by Crippen LogP contribution is 2.46. The standard InChI is InChI=1S/C20H38O.C3H8S.C3H8.2C2H6/c1-5-20(6-2)13-8-11-17(15-20)12-14-19(3,4)21-16-18-9-7-10-18;1-2-3-4;1-3-2;2*1-2/h17-18H,5-16H2,1-4H3;4H,2-3H2,1H3;3H2,1-2H3;2*1-2H3. The second-order valence-electron chi connectivity index (χ2n) is 10.0. The van der Waals surface area contributed by atoms with Gasteiger partial charge < -0.3 is 4.74 Å². The van der Waals surface area contributed by atoms with Crippen molar-refractivity contribution < 1.29 is 4.74 Å². The quantitative estimate of drug-likeness (QED) is 0.327. The molecule has 0 bridgehead atoms. The third-order valence-corrected chi connectivity index (χ3v) is 7.30. The van der Waals surface area contributed by atoms with E-state index in [2.05, 4.69) is 61.1 Å². The summed E-state index contributed by atoms with van der Waals surface area (Å²) in [4.78, 5) is 0. The van der Waals surface area contributed by atoms with Crippen molar-refractivity contribution in [2.24, 2.45) is 17.3 Å². The zero-order valence-electron chi connectivity index (χ0n) is 24.6. The fourth-order valence-electron chi connectivity index (χ4n) is 4.35. The Hall–Kier alpha value is 0.310. The minimum atomic E-state index is 0.0914. The van der Waals surface area contributed by atoms with Gasteiger partial charge in [-0.3, -0.25) is 0 Å². The third kappa shape index (κ3) is 18.7. The van der Waals surface area contributed by atoms with E-state index in [-0.39, 0.29) is 5.60 Å². The van der Waals surface area contributed by atoms with Crippen LogP contribution in [0.3, 0.4) is 0 Å².